The number of aromatic nitrogens is 1. The standard InChI is InChI=1S/C12H14N2O2/c13-12(16)11-10(7-3-4-7)9(6-1-2-6)8(15)5-14-11/h5-7,15H,1-4H2,(H2,13,16). The van der Waals surface area contributed by atoms with E-state index in [9.17, 15) is 9.90 Å². The number of hydrogen-bond donors (Lipinski definition) is 2. The number of hydrogen-bond acceptors (Lipinski definition) is 3. The lowest BCUT2D eigenvalue weighted by atomic mass is 9.97. The second-order valence-electron chi connectivity index (χ2n) is 4.73. The van der Waals surface area contributed by atoms with E-state index in [1.165, 1.54) is 6.20 Å². The normalized spacial score (nSPS) is 19.8. The molecule has 0 atom stereocenters. The van der Waals surface area contributed by atoms with Gasteiger partial charge < -0.3 is 10.8 Å². The summed E-state index contributed by atoms with van der Waals surface area (Å²) in [5.74, 6) is 0.549. The summed E-state index contributed by atoms with van der Waals surface area (Å²) >= 11 is 0. The highest BCUT2D eigenvalue weighted by molar-refractivity contribution is 5.93. The summed E-state index contributed by atoms with van der Waals surface area (Å²) in [6.45, 7) is 0. The molecule has 0 bridgehead atoms. The maximum absolute atomic E-state index is 11.3. The van der Waals surface area contributed by atoms with Crippen LogP contribution in [0.3, 0.4) is 0 Å². The third-order valence-corrected chi connectivity index (χ3v) is 3.34. The minimum atomic E-state index is -0.483. The molecule has 1 aromatic rings. The Hall–Kier alpha value is -1.58. The molecule has 0 saturated heterocycles. The summed E-state index contributed by atoms with van der Waals surface area (Å²) in [5.41, 5.74) is 7.56. The molecule has 16 heavy (non-hydrogen) atoms. The number of nitrogens with two attached hydrogens (primary N) is 1. The molecule has 3 N–H and O–H groups in total. The Balaban J connectivity index is 2.19. The number of carbonyl (C=O) groups excluding carboxylic acids is 1. The first-order valence-corrected chi connectivity index (χ1v) is 5.70. The number of aromatic hydroxyl groups is 1. The zero-order chi connectivity index (χ0) is 11.3. The van der Waals surface area contributed by atoms with E-state index < -0.39 is 5.91 Å². The van der Waals surface area contributed by atoms with E-state index in [4.69, 9.17) is 5.73 Å². The maximum Gasteiger partial charge on any atom is 0.267 e. The van der Waals surface area contributed by atoms with Crippen molar-refractivity contribution < 1.29 is 9.90 Å². The second-order valence-corrected chi connectivity index (χ2v) is 4.73. The zero-order valence-electron chi connectivity index (χ0n) is 8.94. The fraction of sp³-hybridized carbons (Fsp3) is 0.500. The minimum absolute atomic E-state index is 0.231. The van der Waals surface area contributed by atoms with Crippen LogP contribution in [0.2, 0.25) is 0 Å². The first kappa shape index (κ1) is 9.63. The van der Waals surface area contributed by atoms with Gasteiger partial charge in [-0.15, -0.1) is 0 Å². The van der Waals surface area contributed by atoms with Crippen molar-refractivity contribution in [3.8, 4) is 5.75 Å². The molecule has 2 fully saturated rings. The SMILES string of the molecule is NC(=O)c1ncc(O)c(C2CC2)c1C1CC1. The Morgan fingerprint density at radius 3 is 2.31 bits per heavy atom. The van der Waals surface area contributed by atoms with Gasteiger partial charge in [-0.1, -0.05) is 0 Å². The largest absolute Gasteiger partial charge is 0.506 e. The molecule has 1 aromatic heterocycles. The van der Waals surface area contributed by atoms with Gasteiger partial charge >= 0.3 is 0 Å². The van der Waals surface area contributed by atoms with Gasteiger partial charge in [0.15, 0.2) is 0 Å². The summed E-state index contributed by atoms with van der Waals surface area (Å²) in [6, 6.07) is 0. The molecule has 0 spiro atoms. The van der Waals surface area contributed by atoms with Crippen molar-refractivity contribution in [1.29, 1.82) is 0 Å². The van der Waals surface area contributed by atoms with Crippen LogP contribution in [0.4, 0.5) is 0 Å². The smallest absolute Gasteiger partial charge is 0.267 e. The second kappa shape index (κ2) is 3.20. The van der Waals surface area contributed by atoms with Gasteiger partial charge in [0.1, 0.15) is 11.4 Å². The lowest BCUT2D eigenvalue weighted by Crippen LogP contribution is -2.17. The average Bonchev–Trinajstić information content (AvgIpc) is 3.10. The van der Waals surface area contributed by atoms with Gasteiger partial charge in [-0.2, -0.15) is 0 Å². The summed E-state index contributed by atoms with van der Waals surface area (Å²) in [4.78, 5) is 15.3. The van der Waals surface area contributed by atoms with E-state index in [0.717, 1.165) is 36.8 Å². The molecule has 4 heteroatoms. The number of amides is 1. The van der Waals surface area contributed by atoms with Gasteiger partial charge in [0, 0.05) is 5.56 Å². The van der Waals surface area contributed by atoms with Crippen molar-refractivity contribution in [2.75, 3.05) is 0 Å². The highest BCUT2D eigenvalue weighted by Crippen LogP contribution is 2.52. The molecule has 2 saturated carbocycles. The van der Waals surface area contributed by atoms with Crippen LogP contribution in [0.15, 0.2) is 6.20 Å². The Bertz CT molecular complexity index is 462. The van der Waals surface area contributed by atoms with Crippen LogP contribution in [0, 0.1) is 0 Å². The summed E-state index contributed by atoms with van der Waals surface area (Å²) in [6.07, 6.45) is 5.70. The quantitative estimate of drug-likeness (QED) is 0.809. The third-order valence-electron chi connectivity index (χ3n) is 3.34. The van der Waals surface area contributed by atoms with Crippen LogP contribution in [0.5, 0.6) is 5.75 Å². The van der Waals surface area contributed by atoms with E-state index in [2.05, 4.69) is 4.98 Å². The molecule has 0 aromatic carbocycles. The average molecular weight is 218 g/mol. The Morgan fingerprint density at radius 1 is 1.25 bits per heavy atom. The van der Waals surface area contributed by atoms with Gasteiger partial charge in [0.25, 0.3) is 5.91 Å². The fourth-order valence-electron chi connectivity index (χ4n) is 2.31. The molecule has 4 nitrogen and oxygen atoms in total. The predicted molar refractivity (Wildman–Crippen MR) is 58.4 cm³/mol. The van der Waals surface area contributed by atoms with E-state index in [-0.39, 0.29) is 5.75 Å². The topological polar surface area (TPSA) is 76.2 Å². The van der Waals surface area contributed by atoms with Crippen molar-refractivity contribution in [2.24, 2.45) is 5.73 Å². The molecule has 2 aliphatic rings. The maximum atomic E-state index is 11.3. The summed E-state index contributed by atoms with van der Waals surface area (Å²) in [7, 11) is 0. The molecule has 1 amide bonds. The van der Waals surface area contributed by atoms with Crippen LogP contribution in [-0.2, 0) is 0 Å². The van der Waals surface area contributed by atoms with E-state index in [1.807, 2.05) is 0 Å². The number of primary amides is 1. The molecule has 0 unspecified atom stereocenters. The van der Waals surface area contributed by atoms with Crippen molar-refractivity contribution in [3.05, 3.63) is 23.0 Å². The predicted octanol–water partition coefficient (Wildman–Crippen LogP) is 1.64. The molecule has 1 heterocycles. The van der Waals surface area contributed by atoms with Crippen molar-refractivity contribution in [2.45, 2.75) is 37.5 Å². The van der Waals surface area contributed by atoms with Crippen LogP contribution < -0.4 is 5.73 Å². The Morgan fingerprint density at radius 2 is 1.81 bits per heavy atom. The highest BCUT2D eigenvalue weighted by Gasteiger charge is 2.37. The number of nitrogens with zero attached hydrogens (tertiary/aromatic N) is 1. The van der Waals surface area contributed by atoms with Crippen LogP contribution >= 0.6 is 0 Å². The third kappa shape index (κ3) is 1.45. The van der Waals surface area contributed by atoms with Gasteiger partial charge in [-0.25, -0.2) is 4.98 Å². The zero-order valence-corrected chi connectivity index (χ0v) is 8.94. The van der Waals surface area contributed by atoms with E-state index in [0.29, 0.717) is 17.5 Å². The Kier molecular flexibility index (Phi) is 1.93. The highest BCUT2D eigenvalue weighted by atomic mass is 16.3. The minimum Gasteiger partial charge on any atom is -0.506 e. The molecule has 84 valence electrons. The van der Waals surface area contributed by atoms with Crippen molar-refractivity contribution in [3.63, 3.8) is 0 Å². The van der Waals surface area contributed by atoms with Crippen molar-refractivity contribution in [1.82, 2.24) is 4.98 Å². The number of pyridine rings is 1. The van der Waals surface area contributed by atoms with Crippen LogP contribution in [0.1, 0.15) is 59.1 Å². The monoisotopic (exact) mass is 218 g/mol. The molecule has 0 radical (unpaired) electrons. The summed E-state index contributed by atoms with van der Waals surface area (Å²) < 4.78 is 0. The van der Waals surface area contributed by atoms with E-state index in [1.54, 1.807) is 0 Å². The van der Waals surface area contributed by atoms with Gasteiger partial charge in [-0.05, 0) is 43.1 Å². The fourth-order valence-corrected chi connectivity index (χ4v) is 2.31. The molecular weight excluding hydrogens is 204 g/mol. The molecular formula is C12H14N2O2. The van der Waals surface area contributed by atoms with Gasteiger partial charge in [0.05, 0.1) is 6.20 Å². The molecule has 3 rings (SSSR count). The molecule has 2 aliphatic carbocycles. The lowest BCUT2D eigenvalue weighted by Gasteiger charge is -2.12. The number of rotatable bonds is 3. The van der Waals surface area contributed by atoms with Crippen molar-refractivity contribution >= 4 is 5.91 Å². The first-order valence-electron chi connectivity index (χ1n) is 5.70. The first-order chi connectivity index (χ1) is 7.68. The van der Waals surface area contributed by atoms with Gasteiger partial charge in [-0.3, -0.25) is 4.79 Å². The van der Waals surface area contributed by atoms with Crippen LogP contribution in [0.25, 0.3) is 0 Å². The lowest BCUT2D eigenvalue weighted by molar-refractivity contribution is 0.0994. The summed E-state index contributed by atoms with van der Waals surface area (Å²) in [5, 5.41) is 9.87. The molecule has 0 aliphatic heterocycles. The Labute approximate surface area is 93.5 Å². The van der Waals surface area contributed by atoms with E-state index >= 15 is 0 Å². The van der Waals surface area contributed by atoms with Gasteiger partial charge in [0.2, 0.25) is 0 Å². The van der Waals surface area contributed by atoms with Crippen LogP contribution in [-0.4, -0.2) is 16.0 Å². The number of carbonyl (C=O) groups is 1.